The maximum absolute atomic E-state index is 13.6. The van der Waals surface area contributed by atoms with E-state index in [2.05, 4.69) is 14.7 Å². The van der Waals surface area contributed by atoms with E-state index in [0.29, 0.717) is 98.7 Å². The zero-order valence-electron chi connectivity index (χ0n) is 53.1. The molecule has 24 nitrogen and oxygen atoms in total. The number of methoxy groups -OCH3 is 3. The van der Waals surface area contributed by atoms with Crippen LogP contribution in [0.15, 0.2) is 72.8 Å². The maximum Gasteiger partial charge on any atom is 0.339 e. The molecule has 3 saturated heterocycles. The van der Waals surface area contributed by atoms with Crippen LogP contribution in [0.5, 0.6) is 34.5 Å². The van der Waals surface area contributed by atoms with Crippen LogP contribution in [0.4, 0.5) is 0 Å². The highest BCUT2D eigenvalue weighted by atomic mass is 16.6. The minimum absolute atomic E-state index is 0.00512. The molecular weight excluding hydrogens is 1220 g/mol. The van der Waals surface area contributed by atoms with Gasteiger partial charge in [0.1, 0.15) is 22.9 Å². The predicted molar refractivity (Wildman–Crippen MR) is 328 cm³/mol. The van der Waals surface area contributed by atoms with Gasteiger partial charge in [-0.3, -0.25) is 33.9 Å². The number of carbonyl (C=O) groups excluding carboxylic acids is 5. The first kappa shape index (κ1) is 62.8. The quantitative estimate of drug-likeness (QED) is 0.0768. The molecular formula is C70H75N3O21. The van der Waals surface area contributed by atoms with E-state index < -0.39 is 93.3 Å². The molecule has 6 bridgehead atoms. The van der Waals surface area contributed by atoms with Crippen LogP contribution in [0.3, 0.4) is 0 Å². The standard InChI is InChI=1S/C26H25NO7.2C22H25NO7/c1-27-12-11-25-20-14-7-8-18(32-2)21(20)33-22(25)17(28)9-10-26(25,19(27)13-14)34-24(31)16-6-4-3-5-15(16)23(29)30;2*1-23-10-9-21-18-12-3-4-14(28-2)19(18)29-20(21)13(24)7-8-22(21,15(23)11-12)30-17(27)6-5-16(25)26/h3-8,19,22H,9-13H2,1-2H3,(H,29,30);3-4,15,20H,5-11H2,1-2H3,(H,25,26);3-6,13,15,20,24H,7-11H2,1-2H3,(H,25,26)/b;;6-5-/t19-,22+,25+,26-;15-,20+,21+,22-;13?,15-,20+,21+,22-/m111/s1. The van der Waals surface area contributed by atoms with Crippen LogP contribution in [0.25, 0.3) is 0 Å². The monoisotopic (exact) mass is 1290 g/mol. The number of aliphatic carboxylic acids is 2. The van der Waals surface area contributed by atoms with Gasteiger partial charge in [-0.05, 0) is 152 Å². The zero-order valence-corrected chi connectivity index (χ0v) is 53.1. The summed E-state index contributed by atoms with van der Waals surface area (Å²) < 4.78 is 54.5. The number of carboxylic acid groups (broad SMARTS) is 3. The van der Waals surface area contributed by atoms with Gasteiger partial charge < -0.3 is 63.1 Å². The van der Waals surface area contributed by atoms with Crippen LogP contribution in [0, 0.1) is 0 Å². The number of piperidine rings is 3. The Bertz CT molecular complexity index is 3960. The number of likely N-dealkylation sites (N-methyl/N-ethyl adjacent to an activating group) is 3. The molecule has 6 heterocycles. The minimum atomic E-state index is -1.21. The molecule has 6 aliphatic heterocycles. The van der Waals surface area contributed by atoms with Gasteiger partial charge in [-0.15, -0.1) is 0 Å². The smallest absolute Gasteiger partial charge is 0.339 e. The Balaban J connectivity index is 0.000000122. The second kappa shape index (κ2) is 22.5. The third kappa shape index (κ3) is 8.55. The minimum Gasteiger partial charge on any atom is -0.493 e. The molecule has 0 amide bonds. The van der Waals surface area contributed by atoms with E-state index in [0.717, 1.165) is 65.2 Å². The van der Waals surface area contributed by atoms with E-state index in [1.54, 1.807) is 33.5 Å². The average molecular weight is 1290 g/mol. The van der Waals surface area contributed by atoms with Gasteiger partial charge in [-0.1, -0.05) is 30.3 Å². The highest BCUT2D eigenvalue weighted by Crippen LogP contribution is 2.70. The molecule has 94 heavy (non-hydrogen) atoms. The molecule has 3 spiro atoms. The number of ketones is 2. The highest BCUT2D eigenvalue weighted by Gasteiger charge is 2.78. The molecule has 496 valence electrons. The van der Waals surface area contributed by atoms with E-state index in [1.165, 1.54) is 12.1 Å². The van der Waals surface area contributed by atoms with Crippen molar-refractivity contribution in [1.29, 1.82) is 0 Å². The number of likely N-dealkylation sites (tertiary alicyclic amines) is 3. The van der Waals surface area contributed by atoms with Crippen LogP contribution in [-0.2, 0) is 78.5 Å². The molecule has 13 atom stereocenters. The van der Waals surface area contributed by atoms with Gasteiger partial charge >= 0.3 is 35.8 Å². The summed E-state index contributed by atoms with van der Waals surface area (Å²) in [4.78, 5) is 106. The molecule has 0 radical (unpaired) electrons. The van der Waals surface area contributed by atoms with E-state index in [1.807, 2.05) is 57.5 Å². The third-order valence-electron chi connectivity index (χ3n) is 23.4. The summed E-state index contributed by atoms with van der Waals surface area (Å²) in [5.41, 5.74) is 0.806. The lowest BCUT2D eigenvalue weighted by atomic mass is 9.48. The van der Waals surface area contributed by atoms with Crippen molar-refractivity contribution < 1.29 is 101 Å². The van der Waals surface area contributed by atoms with Crippen molar-refractivity contribution in [3.8, 4) is 34.5 Å². The number of rotatable bonds is 13. The summed E-state index contributed by atoms with van der Waals surface area (Å²) in [6, 6.07) is 17.4. The van der Waals surface area contributed by atoms with Crippen molar-refractivity contribution in [1.82, 2.24) is 14.7 Å². The van der Waals surface area contributed by atoms with Crippen molar-refractivity contribution in [2.75, 3.05) is 62.1 Å². The molecule has 0 aromatic heterocycles. The van der Waals surface area contributed by atoms with Gasteiger partial charge in [-0.2, -0.15) is 0 Å². The number of benzene rings is 4. The summed E-state index contributed by atoms with van der Waals surface area (Å²) in [6.07, 6.45) is 4.52. The number of aliphatic hydroxyl groups is 1. The van der Waals surface area contributed by atoms with Gasteiger partial charge in [0, 0.05) is 41.7 Å². The second-order valence-electron chi connectivity index (χ2n) is 27.1. The number of esters is 3. The van der Waals surface area contributed by atoms with Crippen molar-refractivity contribution in [3.05, 3.63) is 117 Å². The number of nitrogens with zero attached hydrogens (tertiary/aromatic N) is 3. The van der Waals surface area contributed by atoms with Gasteiger partial charge in [0.25, 0.3) is 0 Å². The number of Topliss-reactive ketones (excluding diaryl/α,β-unsaturated/α-hetero) is 2. The van der Waals surface area contributed by atoms with E-state index in [9.17, 15) is 48.6 Å². The number of carbonyl (C=O) groups is 8. The summed E-state index contributed by atoms with van der Waals surface area (Å²) in [5, 5.41) is 38.4. The lowest BCUT2D eigenvalue weighted by Gasteiger charge is -2.64. The largest absolute Gasteiger partial charge is 0.493 e. The highest BCUT2D eigenvalue weighted by molar-refractivity contribution is 6.03. The number of ether oxygens (including phenoxy) is 9. The number of hydrogen-bond acceptors (Lipinski definition) is 21. The van der Waals surface area contributed by atoms with E-state index >= 15 is 0 Å². The van der Waals surface area contributed by atoms with Gasteiger partial charge in [0.15, 0.2) is 58.3 Å². The molecule has 16 rings (SSSR count). The number of aromatic carboxylic acids is 1. The normalized spacial score (nSPS) is 33.4. The van der Waals surface area contributed by atoms with Crippen molar-refractivity contribution in [2.45, 2.75) is 165 Å². The lowest BCUT2D eigenvalue weighted by Crippen LogP contribution is -2.77. The molecule has 6 aliphatic carbocycles. The van der Waals surface area contributed by atoms with Crippen LogP contribution < -0.4 is 28.4 Å². The maximum atomic E-state index is 13.6. The predicted octanol–water partition coefficient (Wildman–Crippen LogP) is 5.11. The van der Waals surface area contributed by atoms with E-state index in [-0.39, 0.29) is 66.5 Å². The number of hydrogen-bond donors (Lipinski definition) is 4. The van der Waals surface area contributed by atoms with Crippen LogP contribution in [-0.4, -0.2) is 204 Å². The summed E-state index contributed by atoms with van der Waals surface area (Å²) >= 11 is 0. The van der Waals surface area contributed by atoms with Crippen LogP contribution in [0.2, 0.25) is 0 Å². The second-order valence-corrected chi connectivity index (χ2v) is 27.1. The Hall–Kier alpha value is -8.58. The molecule has 3 saturated carbocycles. The first-order valence-corrected chi connectivity index (χ1v) is 32.1. The molecule has 12 aliphatic rings. The summed E-state index contributed by atoms with van der Waals surface area (Å²) in [7, 11) is 10.8. The summed E-state index contributed by atoms with van der Waals surface area (Å²) in [6.45, 7) is 2.25. The number of carboxylic acids is 3. The Morgan fingerprint density at radius 3 is 1.46 bits per heavy atom. The fourth-order valence-corrected chi connectivity index (χ4v) is 19.7. The zero-order chi connectivity index (χ0) is 66.3. The molecule has 4 N–H and O–H groups in total. The topological polar surface area (TPSA) is 310 Å². The third-order valence-corrected chi connectivity index (χ3v) is 23.4. The number of aliphatic hydroxyl groups excluding tert-OH is 1. The first-order chi connectivity index (χ1) is 45.0. The Morgan fingerprint density at radius 1 is 0.543 bits per heavy atom. The van der Waals surface area contributed by atoms with Crippen molar-refractivity contribution in [3.63, 3.8) is 0 Å². The van der Waals surface area contributed by atoms with Gasteiger partial charge in [0.2, 0.25) is 0 Å². The molecule has 24 heteroatoms. The van der Waals surface area contributed by atoms with Gasteiger partial charge in [-0.25, -0.2) is 19.2 Å². The SMILES string of the molecule is COc1ccc2c3c1O[C@H]1C(=O)CC[C@@]4(OC(=O)CCC(=O)O)[C@@H](C2)N(C)CC[C@]314.COc1ccc2c3c1O[C@H]1C(=O)CC[C@@]4(OC(=O)c5ccccc5C(=O)O)[C@@H](C2)N(C)CC[C@]314.COc1ccc2c3c1O[C@H]1C(O)CC[C@@]4(OC(=O)/C=C\C(=O)O)[C@@H](C2)N(C)CC[C@]314. The molecule has 6 fully saturated rings. The molecule has 4 aromatic carbocycles. The fraction of sp³-hybridized carbons (Fsp3) is 0.514. The average Bonchev–Trinajstić information content (AvgIpc) is 1.40. The van der Waals surface area contributed by atoms with Crippen molar-refractivity contribution in [2.24, 2.45) is 0 Å². The fourth-order valence-electron chi connectivity index (χ4n) is 19.7. The molecule has 4 aromatic rings. The van der Waals surface area contributed by atoms with Crippen LogP contribution in [0.1, 0.15) is 125 Å². The van der Waals surface area contributed by atoms with E-state index in [4.69, 9.17) is 52.8 Å². The molecule has 1 unspecified atom stereocenters. The van der Waals surface area contributed by atoms with Crippen LogP contribution >= 0.6 is 0 Å². The lowest BCUT2D eigenvalue weighted by molar-refractivity contribution is -0.224. The Labute approximate surface area is 540 Å². The Kier molecular flexibility index (Phi) is 15.1. The summed E-state index contributed by atoms with van der Waals surface area (Å²) in [5.74, 6) is -1.82. The first-order valence-electron chi connectivity index (χ1n) is 32.1. The van der Waals surface area contributed by atoms with Crippen molar-refractivity contribution >= 4 is 47.4 Å². The van der Waals surface area contributed by atoms with Gasteiger partial charge in [0.05, 0.1) is 85.8 Å². The Morgan fingerprint density at radius 2 is 0.989 bits per heavy atom.